The Bertz CT molecular complexity index is 661. The second kappa shape index (κ2) is 5.92. The Balaban J connectivity index is 1.98. The summed E-state index contributed by atoms with van der Waals surface area (Å²) in [6, 6.07) is 1.43. The van der Waals surface area contributed by atoms with Crippen LogP contribution in [0.4, 0.5) is 0 Å². The molecular formula is C10H11BrClN3O2S2. The van der Waals surface area contributed by atoms with Crippen molar-refractivity contribution in [3.63, 3.8) is 0 Å². The molecule has 0 bridgehead atoms. The van der Waals surface area contributed by atoms with E-state index in [0.717, 1.165) is 16.9 Å². The molecule has 2 aromatic rings. The molecule has 0 aliphatic heterocycles. The van der Waals surface area contributed by atoms with Gasteiger partial charge in [0.2, 0.25) is 10.0 Å². The maximum Gasteiger partial charge on any atom is 0.250 e. The summed E-state index contributed by atoms with van der Waals surface area (Å²) in [7, 11) is -3.51. The molecule has 9 heteroatoms. The number of hydrogen-bond acceptors (Lipinski definition) is 4. The van der Waals surface area contributed by atoms with E-state index in [-0.39, 0.29) is 10.8 Å². The third-order valence-corrected chi connectivity index (χ3v) is 6.69. The standard InChI is InChI=1S/C10H11BrClN3O2S2/c1-7-5-13-15(6-7)3-2-14-19(16,17)9-4-8(12)10(11)18-9/h4-6,14H,2-3H2,1H3. The lowest BCUT2D eigenvalue weighted by Gasteiger charge is -2.04. The monoisotopic (exact) mass is 383 g/mol. The zero-order chi connectivity index (χ0) is 14.0. The molecule has 0 aromatic carbocycles. The first kappa shape index (κ1) is 15.0. The van der Waals surface area contributed by atoms with Gasteiger partial charge in [0.05, 0.1) is 21.6 Å². The Hall–Kier alpha value is -0.410. The Morgan fingerprint density at radius 3 is 2.84 bits per heavy atom. The van der Waals surface area contributed by atoms with E-state index in [1.165, 1.54) is 6.07 Å². The highest BCUT2D eigenvalue weighted by Crippen LogP contribution is 2.34. The molecule has 0 saturated heterocycles. The van der Waals surface area contributed by atoms with Gasteiger partial charge in [0.1, 0.15) is 4.21 Å². The topological polar surface area (TPSA) is 64.0 Å². The molecule has 0 unspecified atom stereocenters. The van der Waals surface area contributed by atoms with Crippen molar-refractivity contribution < 1.29 is 8.42 Å². The van der Waals surface area contributed by atoms with Gasteiger partial charge in [-0.2, -0.15) is 5.10 Å². The SMILES string of the molecule is Cc1cnn(CCNS(=O)(=O)c2cc(Cl)c(Br)s2)c1. The van der Waals surface area contributed by atoms with Gasteiger partial charge in [-0.05, 0) is 34.5 Å². The molecule has 0 aliphatic carbocycles. The number of hydrogen-bond donors (Lipinski definition) is 1. The first-order chi connectivity index (χ1) is 8.88. The van der Waals surface area contributed by atoms with Crippen LogP contribution < -0.4 is 4.72 Å². The number of aromatic nitrogens is 2. The number of aryl methyl sites for hydroxylation is 1. The number of sulfonamides is 1. The highest BCUT2D eigenvalue weighted by atomic mass is 79.9. The van der Waals surface area contributed by atoms with Gasteiger partial charge >= 0.3 is 0 Å². The first-order valence-electron chi connectivity index (χ1n) is 5.32. The van der Waals surface area contributed by atoms with Crippen LogP contribution in [0, 0.1) is 6.92 Å². The largest absolute Gasteiger partial charge is 0.271 e. The molecular weight excluding hydrogens is 374 g/mol. The molecule has 2 rings (SSSR count). The average Bonchev–Trinajstić information content (AvgIpc) is 2.87. The fourth-order valence-corrected chi connectivity index (χ4v) is 4.88. The van der Waals surface area contributed by atoms with Gasteiger partial charge in [0, 0.05) is 12.7 Å². The maximum absolute atomic E-state index is 12.0. The highest BCUT2D eigenvalue weighted by Gasteiger charge is 2.18. The quantitative estimate of drug-likeness (QED) is 0.862. The van der Waals surface area contributed by atoms with Crippen LogP contribution in [-0.4, -0.2) is 24.7 Å². The van der Waals surface area contributed by atoms with Crippen molar-refractivity contribution >= 4 is 48.9 Å². The Labute approximate surface area is 128 Å². The van der Waals surface area contributed by atoms with Gasteiger partial charge in [0.25, 0.3) is 0 Å². The summed E-state index contributed by atoms with van der Waals surface area (Å²) in [5.41, 5.74) is 1.04. The summed E-state index contributed by atoms with van der Waals surface area (Å²) in [6.45, 7) is 2.68. The molecule has 19 heavy (non-hydrogen) atoms. The molecule has 1 N–H and O–H groups in total. The predicted octanol–water partition coefficient (Wildman–Crippen LogP) is 2.65. The normalized spacial score (nSPS) is 11.9. The number of nitrogens with zero attached hydrogens (tertiary/aromatic N) is 2. The van der Waals surface area contributed by atoms with Crippen LogP contribution >= 0.6 is 38.9 Å². The van der Waals surface area contributed by atoms with E-state index in [0.29, 0.717) is 15.4 Å². The molecule has 2 heterocycles. The zero-order valence-electron chi connectivity index (χ0n) is 9.93. The maximum atomic E-state index is 12.0. The highest BCUT2D eigenvalue weighted by molar-refractivity contribution is 9.11. The smallest absolute Gasteiger partial charge is 0.250 e. The zero-order valence-corrected chi connectivity index (χ0v) is 13.9. The number of nitrogens with one attached hydrogen (secondary N) is 1. The molecule has 104 valence electrons. The molecule has 0 spiro atoms. The Kier molecular flexibility index (Phi) is 4.67. The molecule has 0 amide bonds. The van der Waals surface area contributed by atoms with Crippen LogP contribution in [0.5, 0.6) is 0 Å². The van der Waals surface area contributed by atoms with Crippen LogP contribution in [0.3, 0.4) is 0 Å². The Morgan fingerprint density at radius 1 is 1.58 bits per heavy atom. The van der Waals surface area contributed by atoms with E-state index >= 15 is 0 Å². The van der Waals surface area contributed by atoms with Crippen molar-refractivity contribution in [2.45, 2.75) is 17.7 Å². The molecule has 0 atom stereocenters. The van der Waals surface area contributed by atoms with Gasteiger partial charge in [-0.1, -0.05) is 11.6 Å². The van der Waals surface area contributed by atoms with Gasteiger partial charge < -0.3 is 0 Å². The summed E-state index contributed by atoms with van der Waals surface area (Å²) in [5.74, 6) is 0. The lowest BCUT2D eigenvalue weighted by molar-refractivity contribution is 0.562. The molecule has 0 radical (unpaired) electrons. The van der Waals surface area contributed by atoms with Gasteiger partial charge in [0.15, 0.2) is 0 Å². The van der Waals surface area contributed by atoms with Crippen LogP contribution in [-0.2, 0) is 16.6 Å². The molecule has 0 aliphatic rings. The first-order valence-corrected chi connectivity index (χ1v) is 8.79. The second-order valence-corrected chi connectivity index (χ2v) is 8.64. The third kappa shape index (κ3) is 3.79. The summed E-state index contributed by atoms with van der Waals surface area (Å²) < 4.78 is 29.0. The van der Waals surface area contributed by atoms with Crippen LogP contribution in [0.25, 0.3) is 0 Å². The number of rotatable bonds is 5. The van der Waals surface area contributed by atoms with E-state index < -0.39 is 10.0 Å². The fraction of sp³-hybridized carbons (Fsp3) is 0.300. The summed E-state index contributed by atoms with van der Waals surface area (Å²) in [4.78, 5) is 0. The fourth-order valence-electron chi connectivity index (χ4n) is 1.41. The summed E-state index contributed by atoms with van der Waals surface area (Å²) in [6.07, 6.45) is 3.58. The minimum absolute atomic E-state index is 0.195. The van der Waals surface area contributed by atoms with Crippen molar-refractivity contribution in [3.05, 3.63) is 32.8 Å². The molecule has 2 aromatic heterocycles. The summed E-state index contributed by atoms with van der Waals surface area (Å²) >= 11 is 10.1. The van der Waals surface area contributed by atoms with E-state index in [2.05, 4.69) is 25.8 Å². The van der Waals surface area contributed by atoms with Crippen molar-refractivity contribution in [2.24, 2.45) is 0 Å². The lowest BCUT2D eigenvalue weighted by atomic mass is 10.4. The van der Waals surface area contributed by atoms with E-state index in [4.69, 9.17) is 11.6 Å². The van der Waals surface area contributed by atoms with Gasteiger partial charge in [-0.25, -0.2) is 13.1 Å². The van der Waals surface area contributed by atoms with Crippen LogP contribution in [0.1, 0.15) is 5.56 Å². The number of thiophene rings is 1. The van der Waals surface area contributed by atoms with Crippen molar-refractivity contribution in [1.82, 2.24) is 14.5 Å². The van der Waals surface area contributed by atoms with Crippen molar-refractivity contribution in [1.29, 1.82) is 0 Å². The minimum atomic E-state index is -3.51. The van der Waals surface area contributed by atoms with Crippen LogP contribution in [0.15, 0.2) is 26.5 Å². The second-order valence-electron chi connectivity index (χ2n) is 3.87. The van der Waals surface area contributed by atoms with E-state index in [1.54, 1.807) is 10.9 Å². The van der Waals surface area contributed by atoms with Gasteiger partial charge in [-0.15, -0.1) is 11.3 Å². The molecule has 5 nitrogen and oxygen atoms in total. The lowest BCUT2D eigenvalue weighted by Crippen LogP contribution is -2.26. The minimum Gasteiger partial charge on any atom is -0.271 e. The average molecular weight is 385 g/mol. The van der Waals surface area contributed by atoms with Gasteiger partial charge in [-0.3, -0.25) is 4.68 Å². The summed E-state index contributed by atoms with van der Waals surface area (Å²) in [5, 5.41) is 4.48. The van der Waals surface area contributed by atoms with E-state index in [9.17, 15) is 8.42 Å². The third-order valence-electron chi connectivity index (χ3n) is 2.28. The number of halogens is 2. The van der Waals surface area contributed by atoms with Crippen molar-refractivity contribution in [2.75, 3.05) is 6.54 Å². The van der Waals surface area contributed by atoms with E-state index in [1.807, 2.05) is 13.1 Å². The molecule has 0 saturated carbocycles. The predicted molar refractivity (Wildman–Crippen MR) is 79.2 cm³/mol. The molecule has 0 fully saturated rings. The van der Waals surface area contributed by atoms with Crippen molar-refractivity contribution in [3.8, 4) is 0 Å². The Morgan fingerprint density at radius 2 is 2.32 bits per heavy atom. The van der Waals surface area contributed by atoms with Crippen LogP contribution in [0.2, 0.25) is 5.02 Å².